The predicted octanol–water partition coefficient (Wildman–Crippen LogP) is 4.23. The molecule has 1 aliphatic heterocycles. The van der Waals surface area contributed by atoms with Crippen molar-refractivity contribution in [2.75, 3.05) is 26.2 Å². The van der Waals surface area contributed by atoms with Gasteiger partial charge in [0.15, 0.2) is 0 Å². The van der Waals surface area contributed by atoms with E-state index in [0.717, 1.165) is 4.47 Å². The lowest BCUT2D eigenvalue weighted by Gasteiger charge is -2.23. The molecule has 4 nitrogen and oxygen atoms in total. The van der Waals surface area contributed by atoms with Crippen molar-refractivity contribution in [2.45, 2.75) is 6.42 Å². The Hall–Kier alpha value is -1.92. The van der Waals surface area contributed by atoms with Gasteiger partial charge in [0.1, 0.15) is 5.82 Å². The summed E-state index contributed by atoms with van der Waals surface area (Å²) >= 11 is 9.50. The van der Waals surface area contributed by atoms with Crippen molar-refractivity contribution in [3.63, 3.8) is 0 Å². The van der Waals surface area contributed by atoms with Crippen LogP contribution in [-0.4, -0.2) is 47.8 Å². The first-order valence-electron chi connectivity index (χ1n) is 8.25. The zero-order valence-corrected chi connectivity index (χ0v) is 16.3. The van der Waals surface area contributed by atoms with E-state index in [1.807, 2.05) is 0 Å². The molecular weight excluding hydrogens is 423 g/mol. The van der Waals surface area contributed by atoms with Gasteiger partial charge in [-0.05, 0) is 36.8 Å². The molecule has 2 aromatic rings. The zero-order chi connectivity index (χ0) is 18.7. The molecule has 136 valence electrons. The highest BCUT2D eigenvalue weighted by Crippen LogP contribution is 2.23. The Bertz CT molecular complexity index is 846. The van der Waals surface area contributed by atoms with Gasteiger partial charge in [-0.15, -0.1) is 0 Å². The third-order valence-corrected chi connectivity index (χ3v) is 5.16. The largest absolute Gasteiger partial charge is 0.337 e. The third-order valence-electron chi connectivity index (χ3n) is 4.33. The zero-order valence-electron chi connectivity index (χ0n) is 13.9. The summed E-state index contributed by atoms with van der Waals surface area (Å²) in [7, 11) is 0. The molecule has 3 rings (SSSR count). The molecule has 1 saturated heterocycles. The lowest BCUT2D eigenvalue weighted by atomic mass is 10.2. The minimum absolute atomic E-state index is 0.0577. The number of hydrogen-bond acceptors (Lipinski definition) is 2. The average molecular weight is 440 g/mol. The standard InChI is InChI=1S/C19H17BrClFN2O2/c20-13-6-7-16(21)15(12-13)19(26)24-9-3-8-23(10-11-24)18(25)14-4-1-2-5-17(14)22/h1-2,4-7,12H,3,8-11H2. The maximum atomic E-state index is 13.9. The highest BCUT2D eigenvalue weighted by atomic mass is 79.9. The van der Waals surface area contributed by atoms with Crippen LogP contribution < -0.4 is 0 Å². The van der Waals surface area contributed by atoms with Gasteiger partial charge in [-0.1, -0.05) is 39.7 Å². The molecule has 0 unspecified atom stereocenters. The summed E-state index contributed by atoms with van der Waals surface area (Å²) in [5, 5.41) is 0.390. The minimum Gasteiger partial charge on any atom is -0.337 e. The Balaban J connectivity index is 1.72. The van der Waals surface area contributed by atoms with Crippen LogP contribution in [0.25, 0.3) is 0 Å². The molecule has 0 spiro atoms. The second-order valence-electron chi connectivity index (χ2n) is 6.04. The second-order valence-corrected chi connectivity index (χ2v) is 7.36. The monoisotopic (exact) mass is 438 g/mol. The van der Waals surface area contributed by atoms with Gasteiger partial charge in [-0.25, -0.2) is 4.39 Å². The molecule has 0 saturated carbocycles. The average Bonchev–Trinajstić information content (AvgIpc) is 2.89. The predicted molar refractivity (Wildman–Crippen MR) is 102 cm³/mol. The molecule has 7 heteroatoms. The molecule has 2 aromatic carbocycles. The molecule has 0 radical (unpaired) electrons. The molecule has 2 amide bonds. The molecule has 1 aliphatic rings. The van der Waals surface area contributed by atoms with E-state index in [1.165, 1.54) is 12.1 Å². The van der Waals surface area contributed by atoms with Crippen molar-refractivity contribution in [1.29, 1.82) is 0 Å². The fourth-order valence-electron chi connectivity index (χ4n) is 2.96. The Morgan fingerprint density at radius 3 is 2.19 bits per heavy atom. The number of rotatable bonds is 2. The van der Waals surface area contributed by atoms with Crippen LogP contribution in [0.3, 0.4) is 0 Å². The number of amides is 2. The smallest absolute Gasteiger partial charge is 0.256 e. The summed E-state index contributed by atoms with van der Waals surface area (Å²) in [6, 6.07) is 11.1. The normalized spacial score (nSPS) is 14.9. The third kappa shape index (κ3) is 4.07. The van der Waals surface area contributed by atoms with Crippen LogP contribution in [0.15, 0.2) is 46.9 Å². The number of benzene rings is 2. The van der Waals surface area contributed by atoms with Crippen LogP contribution in [0, 0.1) is 5.82 Å². The van der Waals surface area contributed by atoms with Crippen LogP contribution in [-0.2, 0) is 0 Å². The lowest BCUT2D eigenvalue weighted by molar-refractivity contribution is 0.0716. The first-order valence-corrected chi connectivity index (χ1v) is 9.42. The van der Waals surface area contributed by atoms with Gasteiger partial charge in [-0.2, -0.15) is 0 Å². The first kappa shape index (κ1) is 18.9. The van der Waals surface area contributed by atoms with E-state index in [4.69, 9.17) is 11.6 Å². The summed E-state index contributed by atoms with van der Waals surface area (Å²) in [5.41, 5.74) is 0.484. The number of halogens is 3. The molecule has 1 fully saturated rings. The van der Waals surface area contributed by atoms with E-state index >= 15 is 0 Å². The van der Waals surface area contributed by atoms with Crippen LogP contribution >= 0.6 is 27.5 Å². The first-order chi connectivity index (χ1) is 12.5. The van der Waals surface area contributed by atoms with Gasteiger partial charge in [0, 0.05) is 30.7 Å². The minimum atomic E-state index is -0.532. The van der Waals surface area contributed by atoms with Crippen LogP contribution in [0.4, 0.5) is 4.39 Å². The highest BCUT2D eigenvalue weighted by molar-refractivity contribution is 9.10. The van der Waals surface area contributed by atoms with Gasteiger partial charge in [-0.3, -0.25) is 9.59 Å². The quantitative estimate of drug-likeness (QED) is 0.703. The summed E-state index contributed by atoms with van der Waals surface area (Å²) in [5.74, 6) is -1.05. The number of nitrogens with zero attached hydrogens (tertiary/aromatic N) is 2. The summed E-state index contributed by atoms with van der Waals surface area (Å²) < 4.78 is 14.6. The molecule has 0 aromatic heterocycles. The van der Waals surface area contributed by atoms with Crippen molar-refractivity contribution < 1.29 is 14.0 Å². The van der Waals surface area contributed by atoms with E-state index in [2.05, 4.69) is 15.9 Å². The van der Waals surface area contributed by atoms with Crippen molar-refractivity contribution >= 4 is 39.3 Å². The van der Waals surface area contributed by atoms with Gasteiger partial charge in [0.05, 0.1) is 16.1 Å². The van der Waals surface area contributed by atoms with E-state index in [-0.39, 0.29) is 17.4 Å². The van der Waals surface area contributed by atoms with Gasteiger partial charge < -0.3 is 9.80 Å². The van der Waals surface area contributed by atoms with Crippen LogP contribution in [0.5, 0.6) is 0 Å². The van der Waals surface area contributed by atoms with Crippen molar-refractivity contribution in [3.8, 4) is 0 Å². The second kappa shape index (κ2) is 8.18. The molecule has 26 heavy (non-hydrogen) atoms. The van der Waals surface area contributed by atoms with Gasteiger partial charge in [0.2, 0.25) is 0 Å². The van der Waals surface area contributed by atoms with E-state index in [9.17, 15) is 14.0 Å². The number of carbonyl (C=O) groups is 2. The van der Waals surface area contributed by atoms with E-state index in [0.29, 0.717) is 43.2 Å². The molecule has 1 heterocycles. The topological polar surface area (TPSA) is 40.6 Å². The van der Waals surface area contributed by atoms with E-state index < -0.39 is 5.82 Å². The lowest BCUT2D eigenvalue weighted by Crippen LogP contribution is -2.37. The number of carbonyl (C=O) groups excluding carboxylic acids is 2. The Kier molecular flexibility index (Phi) is 5.94. The molecular formula is C19H17BrClFN2O2. The Labute approximate surface area is 164 Å². The summed E-state index contributed by atoms with van der Waals surface area (Å²) in [6.07, 6.45) is 0.623. The SMILES string of the molecule is O=C(c1ccccc1F)N1CCCN(C(=O)c2cc(Br)ccc2Cl)CC1. The maximum absolute atomic E-state index is 13.9. The summed E-state index contributed by atoms with van der Waals surface area (Å²) in [4.78, 5) is 28.6. The maximum Gasteiger partial charge on any atom is 0.256 e. The summed E-state index contributed by atoms with van der Waals surface area (Å²) in [6.45, 7) is 1.72. The number of hydrogen-bond donors (Lipinski definition) is 0. The molecule has 0 N–H and O–H groups in total. The molecule has 0 atom stereocenters. The highest BCUT2D eigenvalue weighted by Gasteiger charge is 2.25. The van der Waals surface area contributed by atoms with Crippen molar-refractivity contribution in [3.05, 3.63) is 68.9 Å². The molecule has 0 aliphatic carbocycles. The fraction of sp³-hybridized carbons (Fsp3) is 0.263. The van der Waals surface area contributed by atoms with Crippen molar-refractivity contribution in [2.24, 2.45) is 0 Å². The van der Waals surface area contributed by atoms with Crippen LogP contribution in [0.1, 0.15) is 27.1 Å². The Morgan fingerprint density at radius 2 is 1.54 bits per heavy atom. The van der Waals surface area contributed by atoms with Crippen molar-refractivity contribution in [1.82, 2.24) is 9.80 Å². The van der Waals surface area contributed by atoms with Gasteiger partial charge in [0.25, 0.3) is 11.8 Å². The van der Waals surface area contributed by atoms with E-state index in [1.54, 1.807) is 40.1 Å². The fourth-order valence-corrected chi connectivity index (χ4v) is 3.52. The molecule has 0 bridgehead atoms. The Morgan fingerprint density at radius 1 is 0.923 bits per heavy atom. The van der Waals surface area contributed by atoms with Gasteiger partial charge >= 0.3 is 0 Å². The van der Waals surface area contributed by atoms with Crippen LogP contribution in [0.2, 0.25) is 5.02 Å².